The highest BCUT2D eigenvalue weighted by atomic mass is 32.1. The molecule has 2 heterocycles. The number of nitrogens with zero attached hydrogens (tertiary/aromatic N) is 2. The van der Waals surface area contributed by atoms with E-state index in [-0.39, 0.29) is 0 Å². The fraction of sp³-hybridized carbons (Fsp3) is 0.0769. The predicted molar refractivity (Wildman–Crippen MR) is 65.5 cm³/mol. The minimum absolute atomic E-state index is 0.804. The van der Waals surface area contributed by atoms with Crippen LogP contribution in [0.4, 0.5) is 0 Å². The van der Waals surface area contributed by atoms with Crippen LogP contribution >= 0.6 is 11.3 Å². The van der Waals surface area contributed by atoms with Crippen LogP contribution in [0.2, 0.25) is 0 Å². The van der Waals surface area contributed by atoms with Gasteiger partial charge < -0.3 is 0 Å². The van der Waals surface area contributed by atoms with Crippen molar-refractivity contribution in [3.05, 3.63) is 58.7 Å². The normalized spacial score (nSPS) is 10.8. The van der Waals surface area contributed by atoms with Gasteiger partial charge in [0.1, 0.15) is 0 Å². The van der Waals surface area contributed by atoms with Crippen molar-refractivity contribution in [3.8, 4) is 0 Å². The molecule has 0 aliphatic carbocycles. The monoisotopic (exact) mass is 225 g/mol. The number of fused-ring (bicyclic) bond motifs is 1. The predicted octanol–water partition coefficient (Wildman–Crippen LogP) is 3.08. The summed E-state index contributed by atoms with van der Waals surface area (Å²) in [5.41, 5.74) is 5.01. The maximum atomic E-state index is 4.59. The second-order valence-corrected chi connectivity index (χ2v) is 4.30. The molecule has 0 saturated carbocycles. The number of aromatic nitrogens is 2. The van der Waals surface area contributed by atoms with Gasteiger partial charge in [0.15, 0.2) is 0 Å². The Morgan fingerprint density at radius 2 is 2.19 bits per heavy atom. The third-order valence-electron chi connectivity index (χ3n) is 2.44. The summed E-state index contributed by atoms with van der Waals surface area (Å²) in [4.78, 5) is 8.86. The molecule has 0 spiro atoms. The van der Waals surface area contributed by atoms with E-state index in [9.17, 15) is 0 Å². The summed E-state index contributed by atoms with van der Waals surface area (Å²) >= 11 is 1.62. The van der Waals surface area contributed by atoms with Crippen LogP contribution in [0, 0.1) is 6.07 Å². The van der Waals surface area contributed by atoms with Crippen LogP contribution in [0.3, 0.4) is 0 Å². The molecular formula is C13H9N2S. The van der Waals surface area contributed by atoms with E-state index in [2.05, 4.69) is 33.5 Å². The minimum atomic E-state index is 0.804. The lowest BCUT2D eigenvalue weighted by atomic mass is 10.1. The summed E-state index contributed by atoms with van der Waals surface area (Å²) in [7, 11) is 0. The molecule has 3 aromatic rings. The van der Waals surface area contributed by atoms with Crippen molar-refractivity contribution in [2.45, 2.75) is 6.42 Å². The van der Waals surface area contributed by atoms with Gasteiger partial charge in [-0.15, -0.1) is 11.3 Å². The van der Waals surface area contributed by atoms with E-state index < -0.39 is 0 Å². The van der Waals surface area contributed by atoms with Gasteiger partial charge in [0, 0.05) is 22.9 Å². The van der Waals surface area contributed by atoms with Crippen molar-refractivity contribution >= 4 is 22.2 Å². The second kappa shape index (κ2) is 4.02. The summed E-state index contributed by atoms with van der Waals surface area (Å²) < 4.78 is 0. The summed E-state index contributed by atoms with van der Waals surface area (Å²) in [6, 6.07) is 13.0. The highest BCUT2D eigenvalue weighted by Crippen LogP contribution is 2.14. The number of hydrogen-bond acceptors (Lipinski definition) is 3. The van der Waals surface area contributed by atoms with Gasteiger partial charge in [0.05, 0.1) is 16.7 Å². The molecule has 0 bridgehead atoms. The van der Waals surface area contributed by atoms with Crippen molar-refractivity contribution in [1.29, 1.82) is 0 Å². The second-order valence-electron chi connectivity index (χ2n) is 3.58. The molecule has 16 heavy (non-hydrogen) atoms. The maximum absolute atomic E-state index is 4.59. The van der Waals surface area contributed by atoms with Crippen LogP contribution in [0.25, 0.3) is 10.9 Å². The quantitative estimate of drug-likeness (QED) is 0.669. The van der Waals surface area contributed by atoms with Gasteiger partial charge in [0.2, 0.25) is 0 Å². The topological polar surface area (TPSA) is 25.8 Å². The number of hydrogen-bond donors (Lipinski definition) is 0. The van der Waals surface area contributed by atoms with Gasteiger partial charge in [-0.3, -0.25) is 4.98 Å². The SMILES string of the molecule is [c]1ccc2nc(Cc3cscn3)ccc2c1. The van der Waals surface area contributed by atoms with Crippen molar-refractivity contribution in [2.75, 3.05) is 0 Å². The fourth-order valence-electron chi connectivity index (χ4n) is 1.66. The van der Waals surface area contributed by atoms with Crippen LogP contribution in [-0.4, -0.2) is 9.97 Å². The Morgan fingerprint density at radius 3 is 3.06 bits per heavy atom. The van der Waals surface area contributed by atoms with Gasteiger partial charge in [-0.1, -0.05) is 12.1 Å². The Kier molecular flexibility index (Phi) is 2.38. The van der Waals surface area contributed by atoms with E-state index in [0.717, 1.165) is 28.7 Å². The molecule has 1 aromatic carbocycles. The van der Waals surface area contributed by atoms with Crippen molar-refractivity contribution < 1.29 is 0 Å². The average molecular weight is 225 g/mol. The third-order valence-corrected chi connectivity index (χ3v) is 3.07. The Hall–Kier alpha value is -1.74. The molecule has 0 amide bonds. The summed E-state index contributed by atoms with van der Waals surface area (Å²) in [6.07, 6.45) is 0.804. The lowest BCUT2D eigenvalue weighted by Gasteiger charge is -2.00. The average Bonchev–Trinajstić information content (AvgIpc) is 2.82. The highest BCUT2D eigenvalue weighted by molar-refractivity contribution is 7.07. The van der Waals surface area contributed by atoms with E-state index in [4.69, 9.17) is 0 Å². The van der Waals surface area contributed by atoms with Crippen LogP contribution in [-0.2, 0) is 6.42 Å². The molecule has 0 aliphatic heterocycles. The van der Waals surface area contributed by atoms with Crippen molar-refractivity contribution in [3.63, 3.8) is 0 Å². The third kappa shape index (κ3) is 1.82. The number of rotatable bonds is 2. The molecular weight excluding hydrogens is 216 g/mol. The molecule has 3 heteroatoms. The first-order valence-electron chi connectivity index (χ1n) is 5.04. The Labute approximate surface area is 97.6 Å². The van der Waals surface area contributed by atoms with Gasteiger partial charge in [0.25, 0.3) is 0 Å². The maximum Gasteiger partial charge on any atom is 0.0794 e. The molecule has 0 unspecified atom stereocenters. The molecule has 0 N–H and O–H groups in total. The standard InChI is InChI=1S/C13H9N2S/c1-2-4-13-10(3-1)5-6-11(15-13)7-12-8-16-9-14-12/h2-6,8-9H,7H2. The molecule has 3 rings (SSSR count). The first-order valence-corrected chi connectivity index (χ1v) is 5.99. The molecule has 1 radical (unpaired) electrons. The van der Waals surface area contributed by atoms with Crippen molar-refractivity contribution in [1.82, 2.24) is 9.97 Å². The Balaban J connectivity index is 1.99. The van der Waals surface area contributed by atoms with Gasteiger partial charge in [-0.2, -0.15) is 0 Å². The Morgan fingerprint density at radius 1 is 1.19 bits per heavy atom. The molecule has 2 aromatic heterocycles. The number of benzene rings is 1. The highest BCUT2D eigenvalue weighted by Gasteiger charge is 2.01. The summed E-state index contributed by atoms with van der Waals surface area (Å²) in [6.45, 7) is 0. The van der Waals surface area contributed by atoms with E-state index >= 15 is 0 Å². The zero-order valence-electron chi connectivity index (χ0n) is 8.55. The largest absolute Gasteiger partial charge is 0.252 e. The van der Waals surface area contributed by atoms with Gasteiger partial charge in [-0.05, 0) is 24.3 Å². The summed E-state index contributed by atoms with van der Waals surface area (Å²) in [5.74, 6) is 0. The zero-order valence-corrected chi connectivity index (χ0v) is 9.37. The molecule has 0 aliphatic rings. The first-order chi connectivity index (χ1) is 7.92. The number of pyridine rings is 1. The lowest BCUT2D eigenvalue weighted by Crippen LogP contribution is -1.92. The van der Waals surface area contributed by atoms with E-state index in [1.165, 1.54) is 0 Å². The first kappa shape index (κ1) is 9.48. The zero-order chi connectivity index (χ0) is 10.8. The fourth-order valence-corrected chi connectivity index (χ4v) is 2.22. The van der Waals surface area contributed by atoms with Crippen LogP contribution < -0.4 is 0 Å². The van der Waals surface area contributed by atoms with Crippen LogP contribution in [0.15, 0.2) is 41.2 Å². The van der Waals surface area contributed by atoms with E-state index in [0.29, 0.717) is 0 Å². The smallest absolute Gasteiger partial charge is 0.0794 e. The van der Waals surface area contributed by atoms with Crippen molar-refractivity contribution in [2.24, 2.45) is 0 Å². The molecule has 0 atom stereocenters. The Bertz CT molecular complexity index is 602. The van der Waals surface area contributed by atoms with Gasteiger partial charge in [-0.25, -0.2) is 4.98 Å². The molecule has 0 fully saturated rings. The van der Waals surface area contributed by atoms with Crippen LogP contribution in [0.1, 0.15) is 11.4 Å². The lowest BCUT2D eigenvalue weighted by molar-refractivity contribution is 1.05. The molecule has 0 saturated heterocycles. The number of thiazole rings is 1. The van der Waals surface area contributed by atoms with E-state index in [1.807, 2.05) is 23.7 Å². The van der Waals surface area contributed by atoms with Crippen LogP contribution in [0.5, 0.6) is 0 Å². The van der Waals surface area contributed by atoms with Gasteiger partial charge >= 0.3 is 0 Å². The molecule has 77 valence electrons. The minimum Gasteiger partial charge on any atom is -0.252 e. The van der Waals surface area contributed by atoms with E-state index in [1.54, 1.807) is 11.3 Å². The summed E-state index contributed by atoms with van der Waals surface area (Å²) in [5, 5.41) is 3.19. The molecule has 2 nitrogen and oxygen atoms in total.